The van der Waals surface area contributed by atoms with E-state index in [1.165, 1.54) is 27.3 Å². The van der Waals surface area contributed by atoms with E-state index in [0.29, 0.717) is 22.8 Å². The Morgan fingerprint density at radius 1 is 1.00 bits per heavy atom. The highest BCUT2D eigenvalue weighted by molar-refractivity contribution is 7.88. The van der Waals surface area contributed by atoms with Gasteiger partial charge < -0.3 is 19.5 Å². The second kappa shape index (κ2) is 9.09. The van der Waals surface area contributed by atoms with Gasteiger partial charge in [0.1, 0.15) is 22.9 Å². The largest absolute Gasteiger partial charge is 0.497 e. The van der Waals surface area contributed by atoms with Crippen LogP contribution in [0.15, 0.2) is 58.6 Å². The molecule has 1 aliphatic heterocycles. The minimum atomic E-state index is -4.11. The Hall–Kier alpha value is -3.53. The fourth-order valence-corrected chi connectivity index (χ4v) is 3.83. The molecule has 0 aliphatic carbocycles. The standard InChI is InChI=1S/C21H23N3O6S/c1-24-19(21(25)22-13-14-5-7-15(28-2)8-6-14)12-18(23-31(24,26)27)17-11-16(29-3)9-10-20(17)30-4/h5-12H,13H2,1-4H3,(H,22,25). The van der Waals surface area contributed by atoms with E-state index >= 15 is 0 Å². The predicted molar refractivity (Wildman–Crippen MR) is 116 cm³/mol. The van der Waals surface area contributed by atoms with Crippen molar-refractivity contribution in [2.45, 2.75) is 6.54 Å². The highest BCUT2D eigenvalue weighted by Gasteiger charge is 2.30. The number of likely N-dealkylation sites (N-methyl/N-ethyl adjacent to an activating group) is 1. The Labute approximate surface area is 181 Å². The van der Waals surface area contributed by atoms with Crippen molar-refractivity contribution < 1.29 is 27.4 Å². The number of rotatable bonds is 7. The maximum atomic E-state index is 12.8. The van der Waals surface area contributed by atoms with E-state index in [2.05, 4.69) is 9.71 Å². The first-order chi connectivity index (χ1) is 14.8. The smallest absolute Gasteiger partial charge is 0.345 e. The van der Waals surface area contributed by atoms with Crippen LogP contribution in [0.3, 0.4) is 0 Å². The van der Waals surface area contributed by atoms with Crippen LogP contribution in [-0.2, 0) is 21.5 Å². The molecule has 9 nitrogen and oxygen atoms in total. The normalized spacial score (nSPS) is 14.9. The van der Waals surface area contributed by atoms with Crippen LogP contribution in [0.1, 0.15) is 11.1 Å². The first-order valence-corrected chi connectivity index (χ1v) is 10.6. The van der Waals surface area contributed by atoms with Crippen LogP contribution >= 0.6 is 0 Å². The van der Waals surface area contributed by atoms with Crippen molar-refractivity contribution in [1.29, 1.82) is 0 Å². The van der Waals surface area contributed by atoms with Gasteiger partial charge in [-0.15, -0.1) is 4.40 Å². The van der Waals surface area contributed by atoms with Gasteiger partial charge in [-0.1, -0.05) is 12.1 Å². The third kappa shape index (κ3) is 4.80. The Balaban J connectivity index is 1.91. The summed E-state index contributed by atoms with van der Waals surface area (Å²) in [7, 11) is 1.69. The summed E-state index contributed by atoms with van der Waals surface area (Å²) >= 11 is 0. The quantitative estimate of drug-likeness (QED) is 0.698. The van der Waals surface area contributed by atoms with E-state index in [1.54, 1.807) is 37.4 Å². The van der Waals surface area contributed by atoms with Gasteiger partial charge in [0.15, 0.2) is 0 Å². The molecule has 1 amide bonds. The van der Waals surface area contributed by atoms with Crippen molar-refractivity contribution in [1.82, 2.24) is 9.62 Å². The predicted octanol–water partition coefficient (Wildman–Crippen LogP) is 1.89. The minimum absolute atomic E-state index is 0.0663. The summed E-state index contributed by atoms with van der Waals surface area (Å²) in [4.78, 5) is 12.8. The zero-order valence-corrected chi connectivity index (χ0v) is 18.4. The number of ether oxygens (including phenoxy) is 3. The van der Waals surface area contributed by atoms with Gasteiger partial charge in [0.2, 0.25) is 0 Å². The summed E-state index contributed by atoms with van der Waals surface area (Å²) in [6, 6.07) is 12.1. The second-order valence-electron chi connectivity index (χ2n) is 6.55. The van der Waals surface area contributed by atoms with E-state index in [-0.39, 0.29) is 18.0 Å². The highest BCUT2D eigenvalue weighted by atomic mass is 32.2. The molecule has 0 aromatic heterocycles. The van der Waals surface area contributed by atoms with Gasteiger partial charge in [-0.2, -0.15) is 8.42 Å². The maximum absolute atomic E-state index is 12.8. The van der Waals surface area contributed by atoms with Gasteiger partial charge in [0, 0.05) is 19.2 Å². The highest BCUT2D eigenvalue weighted by Crippen LogP contribution is 2.28. The molecule has 0 spiro atoms. The van der Waals surface area contributed by atoms with Crippen molar-refractivity contribution >= 4 is 21.8 Å². The zero-order valence-electron chi connectivity index (χ0n) is 17.6. The van der Waals surface area contributed by atoms with Crippen LogP contribution in [-0.4, -0.2) is 52.7 Å². The summed E-state index contributed by atoms with van der Waals surface area (Å²) in [6.45, 7) is 0.211. The lowest BCUT2D eigenvalue weighted by atomic mass is 10.1. The molecule has 0 unspecified atom stereocenters. The third-order valence-electron chi connectivity index (χ3n) is 4.70. The molecule has 1 heterocycles. The van der Waals surface area contributed by atoms with Gasteiger partial charge in [-0.25, -0.2) is 4.31 Å². The van der Waals surface area contributed by atoms with E-state index in [0.717, 1.165) is 9.87 Å². The molecule has 0 saturated carbocycles. The summed E-state index contributed by atoms with van der Waals surface area (Å²) in [5.74, 6) is 1.03. The number of carbonyl (C=O) groups is 1. The first kappa shape index (κ1) is 22.2. The van der Waals surface area contributed by atoms with Gasteiger partial charge in [-0.3, -0.25) is 4.79 Å². The number of nitrogens with zero attached hydrogens (tertiary/aromatic N) is 2. The lowest BCUT2D eigenvalue weighted by molar-refractivity contribution is -0.118. The molecule has 0 bridgehead atoms. The first-order valence-electron chi connectivity index (χ1n) is 9.23. The molecule has 164 valence electrons. The Bertz CT molecular complexity index is 1140. The minimum Gasteiger partial charge on any atom is -0.497 e. The van der Waals surface area contributed by atoms with Crippen LogP contribution in [0.4, 0.5) is 0 Å². The fourth-order valence-electron chi connectivity index (χ4n) is 2.92. The number of benzene rings is 2. The average molecular weight is 445 g/mol. The van der Waals surface area contributed by atoms with E-state index in [4.69, 9.17) is 14.2 Å². The molecule has 10 heteroatoms. The van der Waals surface area contributed by atoms with Gasteiger partial charge in [0.05, 0.1) is 27.0 Å². The van der Waals surface area contributed by atoms with Crippen LogP contribution in [0, 0.1) is 0 Å². The van der Waals surface area contributed by atoms with Crippen molar-refractivity contribution in [3.05, 3.63) is 65.4 Å². The lowest BCUT2D eigenvalue weighted by Gasteiger charge is -2.24. The van der Waals surface area contributed by atoms with Gasteiger partial charge in [-0.05, 0) is 42.0 Å². The summed E-state index contributed by atoms with van der Waals surface area (Å²) in [6.07, 6.45) is 1.40. The second-order valence-corrected chi connectivity index (χ2v) is 8.17. The zero-order chi connectivity index (χ0) is 22.6. The molecule has 2 aromatic carbocycles. The average Bonchev–Trinajstić information content (AvgIpc) is 2.78. The van der Waals surface area contributed by atoms with Gasteiger partial charge in [0.25, 0.3) is 5.91 Å². The number of nitrogens with one attached hydrogen (secondary N) is 1. The monoisotopic (exact) mass is 445 g/mol. The van der Waals surface area contributed by atoms with Gasteiger partial charge >= 0.3 is 10.2 Å². The van der Waals surface area contributed by atoms with Crippen LogP contribution in [0.25, 0.3) is 0 Å². The molecule has 2 aromatic rings. The molecular formula is C21H23N3O6S. The van der Waals surface area contributed by atoms with Crippen molar-refractivity contribution in [2.75, 3.05) is 28.4 Å². The number of hydrogen-bond acceptors (Lipinski definition) is 6. The molecule has 1 aliphatic rings. The topological polar surface area (TPSA) is 107 Å². The van der Waals surface area contributed by atoms with Crippen LogP contribution < -0.4 is 19.5 Å². The van der Waals surface area contributed by atoms with E-state index in [9.17, 15) is 13.2 Å². The molecule has 31 heavy (non-hydrogen) atoms. The van der Waals surface area contributed by atoms with Crippen molar-refractivity contribution in [3.63, 3.8) is 0 Å². The maximum Gasteiger partial charge on any atom is 0.345 e. The van der Waals surface area contributed by atoms with Crippen LogP contribution in [0.5, 0.6) is 17.2 Å². The number of amides is 1. The lowest BCUT2D eigenvalue weighted by Crippen LogP contribution is -2.38. The molecule has 0 radical (unpaired) electrons. The Kier molecular flexibility index (Phi) is 6.50. The third-order valence-corrected chi connectivity index (χ3v) is 6.02. The molecule has 3 rings (SSSR count). The van der Waals surface area contributed by atoms with Crippen molar-refractivity contribution in [2.24, 2.45) is 4.40 Å². The number of methoxy groups -OCH3 is 3. The Morgan fingerprint density at radius 3 is 2.26 bits per heavy atom. The number of allylic oxidation sites excluding steroid dienone is 1. The SMILES string of the molecule is COc1ccc(CNC(=O)C2=CC(c3cc(OC)ccc3OC)=NS(=O)(=O)N2C)cc1. The van der Waals surface area contributed by atoms with Crippen LogP contribution in [0.2, 0.25) is 0 Å². The number of carbonyl (C=O) groups excluding carboxylic acids is 1. The fraction of sp³-hybridized carbons (Fsp3) is 0.238. The molecular weight excluding hydrogens is 422 g/mol. The summed E-state index contributed by atoms with van der Waals surface area (Å²) < 4.78 is 45.5. The molecule has 0 fully saturated rings. The van der Waals surface area contributed by atoms with E-state index < -0.39 is 16.1 Å². The molecule has 0 saturated heterocycles. The summed E-state index contributed by atoms with van der Waals surface area (Å²) in [5.41, 5.74) is 1.23. The summed E-state index contributed by atoms with van der Waals surface area (Å²) in [5, 5.41) is 2.73. The molecule has 0 atom stereocenters. The van der Waals surface area contributed by atoms with E-state index in [1.807, 2.05) is 12.1 Å². The van der Waals surface area contributed by atoms with Crippen molar-refractivity contribution in [3.8, 4) is 17.2 Å². The number of hydrogen-bond donors (Lipinski definition) is 1. The molecule has 1 N–H and O–H groups in total. The Morgan fingerprint density at radius 2 is 1.65 bits per heavy atom.